The molecule has 2 N–H and O–H groups in total. The monoisotopic (exact) mass is 239 g/mol. The van der Waals surface area contributed by atoms with Gasteiger partial charge in [0.05, 0.1) is 6.10 Å². The summed E-state index contributed by atoms with van der Waals surface area (Å²) in [4.78, 5) is 0. The van der Waals surface area contributed by atoms with Crippen LogP contribution in [0.4, 0.5) is 10.1 Å². The Morgan fingerprint density at radius 3 is 2.71 bits per heavy atom. The molecule has 0 saturated heterocycles. The Kier molecular flexibility index (Phi) is 5.81. The van der Waals surface area contributed by atoms with Crippen molar-refractivity contribution in [1.82, 2.24) is 0 Å². The van der Waals surface area contributed by atoms with Crippen LogP contribution in [0.2, 0.25) is 0 Å². The van der Waals surface area contributed by atoms with Gasteiger partial charge >= 0.3 is 0 Å². The van der Waals surface area contributed by atoms with Crippen molar-refractivity contribution in [3.05, 3.63) is 24.0 Å². The van der Waals surface area contributed by atoms with Crippen molar-refractivity contribution in [2.24, 2.45) is 0 Å². The lowest BCUT2D eigenvalue weighted by Crippen LogP contribution is -2.12. The summed E-state index contributed by atoms with van der Waals surface area (Å²) in [5, 5.41) is 0. The molecule has 1 aromatic rings. The summed E-state index contributed by atoms with van der Waals surface area (Å²) in [6, 6.07) is 4.54. The molecule has 0 aliphatic heterocycles. The first-order valence-corrected chi connectivity index (χ1v) is 6.35. The number of hydrogen-bond donors (Lipinski definition) is 1. The molecule has 0 spiro atoms. The van der Waals surface area contributed by atoms with Crippen LogP contribution < -0.4 is 10.5 Å². The molecular weight excluding hydrogens is 217 g/mol. The summed E-state index contributed by atoms with van der Waals surface area (Å²) in [7, 11) is 0. The molecule has 0 amide bonds. The molecule has 2 nitrogen and oxygen atoms in total. The van der Waals surface area contributed by atoms with Gasteiger partial charge in [0.25, 0.3) is 0 Å². The highest BCUT2D eigenvalue weighted by Crippen LogP contribution is 2.21. The highest BCUT2D eigenvalue weighted by Gasteiger charge is 2.08. The highest BCUT2D eigenvalue weighted by atomic mass is 19.1. The number of nitrogen functional groups attached to an aromatic ring is 1. The number of rotatable bonds is 7. The molecule has 3 heteroatoms. The molecule has 96 valence electrons. The number of unbranched alkanes of at least 4 members (excludes halogenated alkanes) is 3. The van der Waals surface area contributed by atoms with Gasteiger partial charge in [0.2, 0.25) is 0 Å². The minimum atomic E-state index is -0.384. The van der Waals surface area contributed by atoms with E-state index in [0.717, 1.165) is 12.8 Å². The molecule has 1 unspecified atom stereocenters. The number of ether oxygens (including phenoxy) is 1. The van der Waals surface area contributed by atoms with Crippen LogP contribution in [0.5, 0.6) is 5.75 Å². The van der Waals surface area contributed by atoms with Crippen molar-refractivity contribution in [3.63, 3.8) is 0 Å². The molecule has 0 fully saturated rings. The van der Waals surface area contributed by atoms with Gasteiger partial charge in [0.15, 0.2) is 11.6 Å². The number of anilines is 1. The van der Waals surface area contributed by atoms with Crippen molar-refractivity contribution in [2.75, 3.05) is 5.73 Å². The van der Waals surface area contributed by atoms with Gasteiger partial charge in [-0.25, -0.2) is 4.39 Å². The third-order valence-corrected chi connectivity index (χ3v) is 2.75. The molecule has 0 aromatic heterocycles. The minimum absolute atomic E-state index is 0.0463. The first kappa shape index (κ1) is 13.8. The van der Waals surface area contributed by atoms with Gasteiger partial charge in [-0.05, 0) is 31.9 Å². The standard InChI is InChI=1S/C14H22FNO/c1-3-4-5-6-7-11(2)17-14-9-8-12(16)10-13(14)15/h8-11H,3-7,16H2,1-2H3. The maximum Gasteiger partial charge on any atom is 0.167 e. The van der Waals surface area contributed by atoms with E-state index in [1.54, 1.807) is 12.1 Å². The van der Waals surface area contributed by atoms with E-state index in [4.69, 9.17) is 10.5 Å². The van der Waals surface area contributed by atoms with Gasteiger partial charge in [0, 0.05) is 11.8 Å². The fourth-order valence-corrected chi connectivity index (χ4v) is 1.75. The summed E-state index contributed by atoms with van der Waals surface area (Å²) in [5.41, 5.74) is 5.90. The fourth-order valence-electron chi connectivity index (χ4n) is 1.75. The van der Waals surface area contributed by atoms with Gasteiger partial charge in [-0.3, -0.25) is 0 Å². The second-order valence-corrected chi connectivity index (χ2v) is 4.47. The third-order valence-electron chi connectivity index (χ3n) is 2.75. The van der Waals surface area contributed by atoms with Crippen LogP contribution in [0.15, 0.2) is 18.2 Å². The second-order valence-electron chi connectivity index (χ2n) is 4.47. The van der Waals surface area contributed by atoms with Crippen LogP contribution in [-0.2, 0) is 0 Å². The predicted molar refractivity (Wildman–Crippen MR) is 69.7 cm³/mol. The lowest BCUT2D eigenvalue weighted by Gasteiger charge is -2.15. The first-order valence-electron chi connectivity index (χ1n) is 6.35. The van der Waals surface area contributed by atoms with E-state index in [9.17, 15) is 4.39 Å². The van der Waals surface area contributed by atoms with Crippen molar-refractivity contribution in [2.45, 2.75) is 52.1 Å². The van der Waals surface area contributed by atoms with Gasteiger partial charge in [-0.15, -0.1) is 0 Å². The Morgan fingerprint density at radius 2 is 2.06 bits per heavy atom. The Bertz CT molecular complexity index is 341. The molecule has 0 bridgehead atoms. The minimum Gasteiger partial charge on any atom is -0.488 e. The molecule has 1 rings (SSSR count). The van der Waals surface area contributed by atoms with E-state index < -0.39 is 0 Å². The molecule has 0 aliphatic carbocycles. The maximum atomic E-state index is 13.4. The van der Waals surface area contributed by atoms with Crippen LogP contribution in [0.25, 0.3) is 0 Å². The number of nitrogens with two attached hydrogens (primary N) is 1. The summed E-state index contributed by atoms with van der Waals surface area (Å²) in [6.45, 7) is 4.16. The average molecular weight is 239 g/mol. The van der Waals surface area contributed by atoms with Gasteiger partial charge in [-0.1, -0.05) is 26.2 Å². The molecule has 1 aromatic carbocycles. The van der Waals surface area contributed by atoms with Crippen LogP contribution in [-0.4, -0.2) is 6.10 Å². The molecular formula is C14H22FNO. The summed E-state index contributed by atoms with van der Waals surface area (Å²) in [5.74, 6) is -0.0902. The van der Waals surface area contributed by atoms with Gasteiger partial charge in [0.1, 0.15) is 0 Å². The normalized spacial score (nSPS) is 12.4. The number of benzene rings is 1. The summed E-state index contributed by atoms with van der Waals surface area (Å²) < 4.78 is 19.0. The molecule has 17 heavy (non-hydrogen) atoms. The number of halogens is 1. The van der Waals surface area contributed by atoms with Crippen LogP contribution >= 0.6 is 0 Å². The zero-order chi connectivity index (χ0) is 12.7. The van der Waals surface area contributed by atoms with E-state index in [2.05, 4.69) is 6.92 Å². The average Bonchev–Trinajstić information content (AvgIpc) is 2.28. The SMILES string of the molecule is CCCCCCC(C)Oc1ccc(N)cc1F. The van der Waals surface area contributed by atoms with E-state index in [1.165, 1.54) is 25.3 Å². The Morgan fingerprint density at radius 1 is 1.29 bits per heavy atom. The molecule has 0 heterocycles. The quantitative estimate of drug-likeness (QED) is 0.573. The Balaban J connectivity index is 2.37. The van der Waals surface area contributed by atoms with Crippen LogP contribution in [0, 0.1) is 5.82 Å². The van der Waals surface area contributed by atoms with Gasteiger partial charge in [-0.2, -0.15) is 0 Å². The summed E-state index contributed by atoms with van der Waals surface area (Å²) in [6.07, 6.45) is 5.83. The lowest BCUT2D eigenvalue weighted by molar-refractivity contribution is 0.197. The zero-order valence-electron chi connectivity index (χ0n) is 10.7. The third kappa shape index (κ3) is 5.07. The predicted octanol–water partition coefficient (Wildman–Crippen LogP) is 4.15. The fraction of sp³-hybridized carbons (Fsp3) is 0.571. The van der Waals surface area contributed by atoms with E-state index in [1.807, 2.05) is 6.92 Å². The Hall–Kier alpha value is -1.25. The topological polar surface area (TPSA) is 35.2 Å². The largest absolute Gasteiger partial charge is 0.488 e. The van der Waals surface area contributed by atoms with Crippen molar-refractivity contribution < 1.29 is 9.13 Å². The van der Waals surface area contributed by atoms with E-state index in [-0.39, 0.29) is 11.9 Å². The van der Waals surface area contributed by atoms with Crippen LogP contribution in [0.1, 0.15) is 46.0 Å². The van der Waals surface area contributed by atoms with E-state index in [0.29, 0.717) is 11.4 Å². The van der Waals surface area contributed by atoms with Crippen molar-refractivity contribution in [3.8, 4) is 5.75 Å². The lowest BCUT2D eigenvalue weighted by atomic mass is 10.1. The smallest absolute Gasteiger partial charge is 0.167 e. The molecule has 0 aliphatic rings. The van der Waals surface area contributed by atoms with Crippen LogP contribution in [0.3, 0.4) is 0 Å². The molecule has 0 saturated carbocycles. The molecule has 1 atom stereocenters. The van der Waals surface area contributed by atoms with Gasteiger partial charge < -0.3 is 10.5 Å². The second kappa shape index (κ2) is 7.15. The van der Waals surface area contributed by atoms with Crippen molar-refractivity contribution >= 4 is 5.69 Å². The highest BCUT2D eigenvalue weighted by molar-refractivity contribution is 5.42. The number of hydrogen-bond acceptors (Lipinski definition) is 2. The van der Waals surface area contributed by atoms with Crippen molar-refractivity contribution in [1.29, 1.82) is 0 Å². The zero-order valence-corrected chi connectivity index (χ0v) is 10.7. The Labute approximate surface area is 103 Å². The molecule has 0 radical (unpaired) electrons. The maximum absolute atomic E-state index is 13.4. The summed E-state index contributed by atoms with van der Waals surface area (Å²) >= 11 is 0. The van der Waals surface area contributed by atoms with E-state index >= 15 is 0 Å². The first-order chi connectivity index (χ1) is 8.13.